The molecule has 0 spiro atoms. The van der Waals surface area contributed by atoms with Gasteiger partial charge in [0.15, 0.2) is 11.5 Å². The highest BCUT2D eigenvalue weighted by Crippen LogP contribution is 2.34. The number of rotatable bonds is 6. The van der Waals surface area contributed by atoms with E-state index in [1.165, 1.54) is 0 Å². The number of furan rings is 1. The van der Waals surface area contributed by atoms with Gasteiger partial charge in [0.1, 0.15) is 5.76 Å². The van der Waals surface area contributed by atoms with E-state index in [2.05, 4.69) is 0 Å². The standard InChI is InChI=1S/C15H19NO3/c1-17-14-6-5-11(10-15(14)18-2)12(7-8-16)13-4-3-9-19-13/h3-6,9-10,12H,7-8,16H2,1-2H3. The Balaban J connectivity index is 2.37. The van der Waals surface area contributed by atoms with Crippen LogP contribution in [0.4, 0.5) is 0 Å². The van der Waals surface area contributed by atoms with E-state index in [9.17, 15) is 0 Å². The fourth-order valence-corrected chi connectivity index (χ4v) is 2.20. The Morgan fingerprint density at radius 3 is 2.53 bits per heavy atom. The van der Waals surface area contributed by atoms with Crippen LogP contribution in [0.15, 0.2) is 41.0 Å². The van der Waals surface area contributed by atoms with E-state index in [0.717, 1.165) is 23.5 Å². The van der Waals surface area contributed by atoms with Gasteiger partial charge in [-0.05, 0) is 42.8 Å². The van der Waals surface area contributed by atoms with Gasteiger partial charge in [0, 0.05) is 5.92 Å². The second-order valence-electron chi connectivity index (χ2n) is 4.26. The Hall–Kier alpha value is -1.94. The zero-order chi connectivity index (χ0) is 13.7. The van der Waals surface area contributed by atoms with Crippen molar-refractivity contribution in [2.45, 2.75) is 12.3 Å². The van der Waals surface area contributed by atoms with Gasteiger partial charge in [-0.3, -0.25) is 0 Å². The highest BCUT2D eigenvalue weighted by Gasteiger charge is 2.18. The molecule has 0 aliphatic carbocycles. The fourth-order valence-electron chi connectivity index (χ4n) is 2.20. The third-order valence-corrected chi connectivity index (χ3v) is 3.15. The van der Waals surface area contributed by atoms with Crippen molar-refractivity contribution in [3.05, 3.63) is 47.9 Å². The molecule has 1 aromatic carbocycles. The molecule has 4 heteroatoms. The lowest BCUT2D eigenvalue weighted by Gasteiger charge is -2.16. The maximum atomic E-state index is 5.70. The molecule has 2 N–H and O–H groups in total. The second-order valence-corrected chi connectivity index (χ2v) is 4.26. The molecule has 2 rings (SSSR count). The van der Waals surface area contributed by atoms with Crippen LogP contribution in [-0.4, -0.2) is 20.8 Å². The van der Waals surface area contributed by atoms with Crippen molar-refractivity contribution >= 4 is 0 Å². The summed E-state index contributed by atoms with van der Waals surface area (Å²) in [7, 11) is 3.26. The highest BCUT2D eigenvalue weighted by molar-refractivity contribution is 5.45. The summed E-state index contributed by atoms with van der Waals surface area (Å²) in [5.74, 6) is 2.49. The molecule has 2 aromatic rings. The number of hydrogen-bond acceptors (Lipinski definition) is 4. The Labute approximate surface area is 113 Å². The summed E-state index contributed by atoms with van der Waals surface area (Å²) in [6.07, 6.45) is 2.50. The topological polar surface area (TPSA) is 57.6 Å². The lowest BCUT2D eigenvalue weighted by molar-refractivity contribution is 0.354. The van der Waals surface area contributed by atoms with Crippen LogP contribution in [0.25, 0.3) is 0 Å². The maximum Gasteiger partial charge on any atom is 0.161 e. The molecule has 102 valence electrons. The van der Waals surface area contributed by atoms with Gasteiger partial charge in [-0.2, -0.15) is 0 Å². The summed E-state index contributed by atoms with van der Waals surface area (Å²) < 4.78 is 16.1. The summed E-state index contributed by atoms with van der Waals surface area (Å²) in [4.78, 5) is 0. The number of benzene rings is 1. The van der Waals surface area contributed by atoms with Crippen molar-refractivity contribution in [1.29, 1.82) is 0 Å². The first-order valence-corrected chi connectivity index (χ1v) is 6.25. The largest absolute Gasteiger partial charge is 0.493 e. The first-order chi connectivity index (χ1) is 9.30. The summed E-state index contributed by atoms with van der Waals surface area (Å²) in [6.45, 7) is 0.597. The minimum absolute atomic E-state index is 0.139. The average molecular weight is 261 g/mol. The van der Waals surface area contributed by atoms with Gasteiger partial charge in [0.2, 0.25) is 0 Å². The van der Waals surface area contributed by atoms with E-state index in [-0.39, 0.29) is 5.92 Å². The Morgan fingerprint density at radius 1 is 1.16 bits per heavy atom. The maximum absolute atomic E-state index is 5.70. The van der Waals surface area contributed by atoms with Crippen molar-refractivity contribution in [3.63, 3.8) is 0 Å². The smallest absolute Gasteiger partial charge is 0.161 e. The van der Waals surface area contributed by atoms with Gasteiger partial charge >= 0.3 is 0 Å². The van der Waals surface area contributed by atoms with Gasteiger partial charge in [-0.1, -0.05) is 6.07 Å². The van der Waals surface area contributed by atoms with Crippen LogP contribution in [0.3, 0.4) is 0 Å². The molecule has 0 aliphatic heterocycles. The average Bonchev–Trinajstić information content (AvgIpc) is 2.98. The van der Waals surface area contributed by atoms with Crippen molar-refractivity contribution < 1.29 is 13.9 Å². The van der Waals surface area contributed by atoms with Gasteiger partial charge in [-0.25, -0.2) is 0 Å². The van der Waals surface area contributed by atoms with E-state index in [1.807, 2.05) is 30.3 Å². The number of methoxy groups -OCH3 is 2. The molecule has 0 amide bonds. The summed E-state index contributed by atoms with van der Waals surface area (Å²) in [5, 5.41) is 0. The van der Waals surface area contributed by atoms with Crippen LogP contribution in [0.5, 0.6) is 11.5 Å². The number of nitrogens with two attached hydrogens (primary N) is 1. The second kappa shape index (κ2) is 6.29. The molecule has 0 saturated heterocycles. The van der Waals surface area contributed by atoms with Crippen molar-refractivity contribution in [2.24, 2.45) is 5.73 Å². The van der Waals surface area contributed by atoms with E-state index in [4.69, 9.17) is 19.6 Å². The molecule has 1 aromatic heterocycles. The van der Waals surface area contributed by atoms with Gasteiger partial charge in [0.05, 0.1) is 20.5 Å². The molecular weight excluding hydrogens is 242 g/mol. The highest BCUT2D eigenvalue weighted by atomic mass is 16.5. The third kappa shape index (κ3) is 2.90. The minimum Gasteiger partial charge on any atom is -0.493 e. The molecule has 1 atom stereocenters. The van der Waals surface area contributed by atoms with E-state index in [1.54, 1.807) is 20.5 Å². The Kier molecular flexibility index (Phi) is 4.47. The van der Waals surface area contributed by atoms with E-state index in [0.29, 0.717) is 12.3 Å². The molecule has 0 saturated carbocycles. The summed E-state index contributed by atoms with van der Waals surface area (Å²) >= 11 is 0. The van der Waals surface area contributed by atoms with Crippen LogP contribution in [0.2, 0.25) is 0 Å². The normalized spacial score (nSPS) is 12.2. The molecule has 0 radical (unpaired) electrons. The van der Waals surface area contributed by atoms with Gasteiger partial charge < -0.3 is 19.6 Å². The Bertz CT molecular complexity index is 508. The van der Waals surface area contributed by atoms with Gasteiger partial charge in [0.25, 0.3) is 0 Å². The van der Waals surface area contributed by atoms with Crippen molar-refractivity contribution in [3.8, 4) is 11.5 Å². The molecule has 4 nitrogen and oxygen atoms in total. The summed E-state index contributed by atoms with van der Waals surface area (Å²) in [6, 6.07) is 9.75. The van der Waals surface area contributed by atoms with Crippen LogP contribution >= 0.6 is 0 Å². The molecule has 0 aliphatic rings. The zero-order valence-corrected chi connectivity index (χ0v) is 11.3. The van der Waals surface area contributed by atoms with Crippen molar-refractivity contribution in [1.82, 2.24) is 0 Å². The van der Waals surface area contributed by atoms with Crippen LogP contribution in [0.1, 0.15) is 23.7 Å². The molecule has 19 heavy (non-hydrogen) atoms. The van der Waals surface area contributed by atoms with Crippen LogP contribution in [0, 0.1) is 0 Å². The molecular formula is C15H19NO3. The monoisotopic (exact) mass is 261 g/mol. The van der Waals surface area contributed by atoms with Crippen LogP contribution in [-0.2, 0) is 0 Å². The lowest BCUT2D eigenvalue weighted by atomic mass is 9.93. The van der Waals surface area contributed by atoms with Crippen LogP contribution < -0.4 is 15.2 Å². The number of ether oxygens (including phenoxy) is 2. The quantitative estimate of drug-likeness (QED) is 0.868. The van der Waals surface area contributed by atoms with Crippen molar-refractivity contribution in [2.75, 3.05) is 20.8 Å². The minimum atomic E-state index is 0.139. The number of hydrogen-bond donors (Lipinski definition) is 1. The molecule has 0 bridgehead atoms. The molecule has 1 unspecified atom stereocenters. The first-order valence-electron chi connectivity index (χ1n) is 6.25. The fraction of sp³-hybridized carbons (Fsp3) is 0.333. The predicted octanol–water partition coefficient (Wildman–Crippen LogP) is 2.78. The predicted molar refractivity (Wildman–Crippen MR) is 73.8 cm³/mol. The Morgan fingerprint density at radius 2 is 1.95 bits per heavy atom. The zero-order valence-electron chi connectivity index (χ0n) is 11.3. The third-order valence-electron chi connectivity index (χ3n) is 3.15. The molecule has 1 heterocycles. The molecule has 0 fully saturated rings. The first kappa shape index (κ1) is 13.5. The van der Waals surface area contributed by atoms with E-state index >= 15 is 0 Å². The van der Waals surface area contributed by atoms with Gasteiger partial charge in [-0.15, -0.1) is 0 Å². The SMILES string of the molecule is COc1ccc(C(CCN)c2ccco2)cc1OC. The van der Waals surface area contributed by atoms with E-state index < -0.39 is 0 Å². The summed E-state index contributed by atoms with van der Waals surface area (Å²) in [5.41, 5.74) is 6.81. The lowest BCUT2D eigenvalue weighted by Crippen LogP contribution is -2.08.